The highest BCUT2D eigenvalue weighted by molar-refractivity contribution is 5.34. The second-order valence-corrected chi connectivity index (χ2v) is 4.55. The van der Waals surface area contributed by atoms with Crippen LogP contribution in [0.15, 0.2) is 0 Å². The van der Waals surface area contributed by atoms with Crippen LogP contribution in [0.5, 0.6) is 5.75 Å². The van der Waals surface area contributed by atoms with Gasteiger partial charge in [-0.15, -0.1) is 0 Å². The fraction of sp³-hybridized carbons (Fsp3) is 0.769. The van der Waals surface area contributed by atoms with Crippen molar-refractivity contribution in [3.63, 3.8) is 0 Å². The number of rotatable bonds is 5. The van der Waals surface area contributed by atoms with Crippen molar-refractivity contribution in [1.29, 1.82) is 0 Å². The molecule has 1 rings (SSSR count). The molecule has 0 aromatic carbocycles. The Morgan fingerprint density at radius 1 is 1.19 bits per heavy atom. The molecule has 1 N–H and O–H groups in total. The van der Waals surface area contributed by atoms with Crippen molar-refractivity contribution in [3.05, 3.63) is 11.4 Å². The molecule has 0 radical (unpaired) electrons. The molecule has 0 amide bonds. The van der Waals surface area contributed by atoms with Gasteiger partial charge in [-0.25, -0.2) is 0 Å². The van der Waals surface area contributed by atoms with Gasteiger partial charge in [-0.2, -0.15) is 5.10 Å². The molecule has 2 atom stereocenters. The molecule has 0 saturated heterocycles. The summed E-state index contributed by atoms with van der Waals surface area (Å²) < 4.78 is 2.00. The normalized spacial score (nSPS) is 15.1. The number of nitrogens with zero attached hydrogens (tertiary/aromatic N) is 2. The zero-order valence-corrected chi connectivity index (χ0v) is 11.1. The lowest BCUT2D eigenvalue weighted by Crippen LogP contribution is -2.09. The Labute approximate surface area is 98.5 Å². The van der Waals surface area contributed by atoms with E-state index in [9.17, 15) is 5.11 Å². The highest BCUT2D eigenvalue weighted by Gasteiger charge is 2.21. The quantitative estimate of drug-likeness (QED) is 0.829. The molecule has 0 spiro atoms. The zero-order valence-electron chi connectivity index (χ0n) is 11.1. The predicted octanol–water partition coefficient (Wildman–Crippen LogP) is 3.64. The van der Waals surface area contributed by atoms with Crippen molar-refractivity contribution in [3.8, 4) is 5.75 Å². The van der Waals surface area contributed by atoms with Gasteiger partial charge in [0, 0.05) is 12.0 Å². The molecule has 2 unspecified atom stereocenters. The monoisotopic (exact) mass is 224 g/mol. The first-order chi connectivity index (χ1) is 7.56. The smallest absolute Gasteiger partial charge is 0.160 e. The van der Waals surface area contributed by atoms with E-state index in [0.717, 1.165) is 30.7 Å². The van der Waals surface area contributed by atoms with E-state index in [0.29, 0.717) is 17.7 Å². The lowest BCUT2D eigenvalue weighted by atomic mass is 10.0. The molecule has 1 aromatic rings. The molecular formula is C13H24N2O. The second-order valence-electron chi connectivity index (χ2n) is 4.55. The lowest BCUT2D eigenvalue weighted by molar-refractivity contribution is 0.439. The Morgan fingerprint density at radius 3 is 2.25 bits per heavy atom. The summed E-state index contributed by atoms with van der Waals surface area (Å²) in [5.74, 6) is 0.743. The fourth-order valence-corrected chi connectivity index (χ4v) is 1.87. The Morgan fingerprint density at radius 2 is 1.81 bits per heavy atom. The minimum absolute atomic E-state index is 0.329. The minimum Gasteiger partial charge on any atom is -0.504 e. The summed E-state index contributed by atoms with van der Waals surface area (Å²) in [5.41, 5.74) is 1.84. The molecule has 1 aromatic heterocycles. The van der Waals surface area contributed by atoms with Crippen LogP contribution in [0.4, 0.5) is 0 Å². The summed E-state index contributed by atoms with van der Waals surface area (Å²) in [7, 11) is 0. The molecule has 0 bridgehead atoms. The van der Waals surface area contributed by atoms with E-state index in [4.69, 9.17) is 0 Å². The molecule has 0 aliphatic heterocycles. The van der Waals surface area contributed by atoms with Crippen LogP contribution in [0, 0.1) is 0 Å². The van der Waals surface area contributed by atoms with Crippen LogP contribution in [0.25, 0.3) is 0 Å². The van der Waals surface area contributed by atoms with Crippen LogP contribution in [0.2, 0.25) is 0 Å². The Bertz CT molecular complexity index is 344. The maximum absolute atomic E-state index is 10.2. The summed E-state index contributed by atoms with van der Waals surface area (Å²) in [6, 6.07) is 0.360. The number of aromatic hydroxyl groups is 1. The molecule has 3 heteroatoms. The molecule has 92 valence electrons. The van der Waals surface area contributed by atoms with Gasteiger partial charge in [0.1, 0.15) is 5.69 Å². The summed E-state index contributed by atoms with van der Waals surface area (Å²) in [6.07, 6.45) is 2.88. The highest BCUT2D eigenvalue weighted by atomic mass is 16.3. The van der Waals surface area contributed by atoms with Crippen LogP contribution >= 0.6 is 0 Å². The molecule has 0 fully saturated rings. The molecule has 0 aliphatic carbocycles. The van der Waals surface area contributed by atoms with Crippen LogP contribution in [-0.4, -0.2) is 14.9 Å². The summed E-state index contributed by atoms with van der Waals surface area (Å²) in [5, 5.41) is 14.8. The highest BCUT2D eigenvalue weighted by Crippen LogP contribution is 2.32. The van der Waals surface area contributed by atoms with Gasteiger partial charge in [0.2, 0.25) is 0 Å². The first-order valence-corrected chi connectivity index (χ1v) is 6.36. The van der Waals surface area contributed by atoms with Crippen molar-refractivity contribution >= 4 is 0 Å². The first-order valence-electron chi connectivity index (χ1n) is 6.36. The summed E-state index contributed by atoms with van der Waals surface area (Å²) >= 11 is 0. The van der Waals surface area contributed by atoms with Gasteiger partial charge in [-0.3, -0.25) is 4.68 Å². The molecule has 0 saturated carbocycles. The first kappa shape index (κ1) is 13.1. The van der Waals surface area contributed by atoms with Crippen molar-refractivity contribution in [1.82, 2.24) is 9.78 Å². The maximum Gasteiger partial charge on any atom is 0.160 e. The topological polar surface area (TPSA) is 38.1 Å². The van der Waals surface area contributed by atoms with Crippen molar-refractivity contribution < 1.29 is 5.11 Å². The molecular weight excluding hydrogens is 200 g/mol. The third-order valence-corrected chi connectivity index (χ3v) is 3.43. The standard InChI is InChI=1S/C13H24N2O/c1-6-9(4)12-13(16)11(8-3)15(14-12)10(5)7-2/h9-10,16H,6-8H2,1-5H3. The lowest BCUT2D eigenvalue weighted by Gasteiger charge is -2.12. The molecule has 1 heterocycles. The average Bonchev–Trinajstić information content (AvgIpc) is 2.64. The third kappa shape index (κ3) is 2.23. The largest absolute Gasteiger partial charge is 0.504 e. The third-order valence-electron chi connectivity index (χ3n) is 3.43. The van der Waals surface area contributed by atoms with E-state index in [1.807, 2.05) is 4.68 Å². The second kappa shape index (κ2) is 5.37. The number of hydrogen-bond donors (Lipinski definition) is 1. The van der Waals surface area contributed by atoms with Gasteiger partial charge in [0.05, 0.1) is 5.69 Å². The van der Waals surface area contributed by atoms with Gasteiger partial charge in [-0.1, -0.05) is 27.7 Å². The molecule has 16 heavy (non-hydrogen) atoms. The predicted molar refractivity (Wildman–Crippen MR) is 67.0 cm³/mol. The SMILES string of the molecule is CCc1c(O)c(C(C)CC)nn1C(C)CC. The van der Waals surface area contributed by atoms with Gasteiger partial charge in [-0.05, 0) is 26.2 Å². The number of hydrogen-bond acceptors (Lipinski definition) is 2. The van der Waals surface area contributed by atoms with E-state index < -0.39 is 0 Å². The van der Waals surface area contributed by atoms with Crippen LogP contribution < -0.4 is 0 Å². The van der Waals surface area contributed by atoms with Gasteiger partial charge < -0.3 is 5.11 Å². The Kier molecular flexibility index (Phi) is 4.39. The Hall–Kier alpha value is -0.990. The molecule has 0 aliphatic rings. The summed E-state index contributed by atoms with van der Waals surface area (Å²) in [4.78, 5) is 0. The van der Waals surface area contributed by atoms with E-state index in [1.165, 1.54) is 0 Å². The minimum atomic E-state index is 0.329. The van der Waals surface area contributed by atoms with Crippen LogP contribution in [-0.2, 0) is 6.42 Å². The molecule has 3 nitrogen and oxygen atoms in total. The van der Waals surface area contributed by atoms with Crippen molar-refractivity contribution in [2.24, 2.45) is 0 Å². The van der Waals surface area contributed by atoms with Crippen molar-refractivity contribution in [2.45, 2.75) is 65.8 Å². The van der Waals surface area contributed by atoms with Crippen molar-refractivity contribution in [2.75, 3.05) is 0 Å². The van der Waals surface area contributed by atoms with Crippen LogP contribution in [0.3, 0.4) is 0 Å². The van der Waals surface area contributed by atoms with E-state index in [2.05, 4.69) is 39.7 Å². The summed E-state index contributed by atoms with van der Waals surface area (Å²) in [6.45, 7) is 10.6. The van der Waals surface area contributed by atoms with E-state index in [-0.39, 0.29) is 0 Å². The fourth-order valence-electron chi connectivity index (χ4n) is 1.87. The van der Waals surface area contributed by atoms with E-state index in [1.54, 1.807) is 0 Å². The average molecular weight is 224 g/mol. The number of aromatic nitrogens is 2. The zero-order chi connectivity index (χ0) is 12.3. The Balaban J connectivity index is 3.19. The van der Waals surface area contributed by atoms with Crippen LogP contribution in [0.1, 0.15) is 70.8 Å². The van der Waals surface area contributed by atoms with Gasteiger partial charge >= 0.3 is 0 Å². The van der Waals surface area contributed by atoms with Gasteiger partial charge in [0.15, 0.2) is 5.75 Å². The van der Waals surface area contributed by atoms with E-state index >= 15 is 0 Å². The van der Waals surface area contributed by atoms with Gasteiger partial charge in [0.25, 0.3) is 0 Å². The maximum atomic E-state index is 10.2.